The zero-order chi connectivity index (χ0) is 9.84. The zero-order valence-electron chi connectivity index (χ0n) is 8.63. The van der Waals surface area contributed by atoms with Crippen molar-refractivity contribution in [3.05, 3.63) is 17.3 Å². The van der Waals surface area contributed by atoms with E-state index in [1.54, 1.807) is 0 Å². The molecule has 0 aromatic carbocycles. The molecule has 1 aromatic rings. The van der Waals surface area contributed by atoms with E-state index in [1.165, 1.54) is 0 Å². The highest BCUT2D eigenvalue weighted by Crippen LogP contribution is 2.20. The number of aryl methyl sites for hydroxylation is 2. The number of nitrogens with two attached hydrogens (primary N) is 1. The van der Waals surface area contributed by atoms with Crippen molar-refractivity contribution in [2.45, 2.75) is 39.5 Å². The molecule has 13 heavy (non-hydrogen) atoms. The van der Waals surface area contributed by atoms with E-state index < -0.39 is 0 Å². The smallest absolute Gasteiger partial charge is 0.194 e. The Hall–Kier alpha value is -0.830. The number of hydrogen-bond acceptors (Lipinski definition) is 3. The van der Waals surface area contributed by atoms with E-state index >= 15 is 0 Å². The third-order valence-electron chi connectivity index (χ3n) is 2.00. The lowest BCUT2D eigenvalue weighted by Gasteiger charge is -1.98. The van der Waals surface area contributed by atoms with E-state index in [1.807, 2.05) is 6.92 Å². The Bertz CT molecular complexity index is 266. The molecule has 3 heteroatoms. The van der Waals surface area contributed by atoms with Gasteiger partial charge in [-0.15, -0.1) is 0 Å². The van der Waals surface area contributed by atoms with Crippen molar-refractivity contribution in [2.24, 2.45) is 5.73 Å². The van der Waals surface area contributed by atoms with Gasteiger partial charge < -0.3 is 10.2 Å². The maximum Gasteiger partial charge on any atom is 0.194 e. The molecular weight excluding hydrogens is 164 g/mol. The Balaban J connectivity index is 2.71. The van der Waals surface area contributed by atoms with Crippen molar-refractivity contribution in [1.29, 1.82) is 0 Å². The average Bonchev–Trinajstić information content (AvgIpc) is 2.43. The highest BCUT2D eigenvalue weighted by molar-refractivity contribution is 5.11. The van der Waals surface area contributed by atoms with Gasteiger partial charge in [0.05, 0.1) is 5.69 Å². The van der Waals surface area contributed by atoms with E-state index in [0.29, 0.717) is 12.5 Å². The average molecular weight is 182 g/mol. The van der Waals surface area contributed by atoms with E-state index in [9.17, 15) is 0 Å². The maximum atomic E-state index is 5.61. The van der Waals surface area contributed by atoms with Gasteiger partial charge >= 0.3 is 0 Å². The van der Waals surface area contributed by atoms with Crippen LogP contribution in [0.3, 0.4) is 0 Å². The maximum absolute atomic E-state index is 5.61. The molecule has 74 valence electrons. The number of rotatable bonds is 4. The molecule has 0 radical (unpaired) electrons. The Labute approximate surface area is 79.3 Å². The van der Waals surface area contributed by atoms with Gasteiger partial charge in [0.15, 0.2) is 5.89 Å². The SMILES string of the molecule is Cc1nc(CCCN)oc1C(C)C. The minimum Gasteiger partial charge on any atom is -0.445 e. The van der Waals surface area contributed by atoms with Crippen LogP contribution in [0.15, 0.2) is 4.42 Å². The quantitative estimate of drug-likeness (QED) is 0.774. The molecular formula is C10H18N2O. The summed E-state index contributed by atoms with van der Waals surface area (Å²) in [6, 6.07) is 0. The molecule has 0 fully saturated rings. The molecule has 0 amide bonds. The van der Waals surface area contributed by atoms with Crippen LogP contribution in [0, 0.1) is 6.92 Å². The van der Waals surface area contributed by atoms with Crippen LogP contribution >= 0.6 is 0 Å². The summed E-state index contributed by atoms with van der Waals surface area (Å²) in [4.78, 5) is 4.35. The van der Waals surface area contributed by atoms with Gasteiger partial charge in [-0.2, -0.15) is 0 Å². The van der Waals surface area contributed by atoms with Crippen LogP contribution in [-0.2, 0) is 6.42 Å². The lowest BCUT2D eigenvalue weighted by molar-refractivity contribution is 0.434. The first-order chi connectivity index (χ1) is 6.15. The summed E-state index contributed by atoms with van der Waals surface area (Å²) in [7, 11) is 0. The second kappa shape index (κ2) is 4.42. The zero-order valence-corrected chi connectivity index (χ0v) is 8.63. The van der Waals surface area contributed by atoms with Gasteiger partial charge in [0.1, 0.15) is 5.76 Å². The fraction of sp³-hybridized carbons (Fsp3) is 0.700. The molecule has 0 saturated heterocycles. The number of nitrogens with zero attached hydrogens (tertiary/aromatic N) is 1. The fourth-order valence-corrected chi connectivity index (χ4v) is 1.36. The van der Waals surface area contributed by atoms with Gasteiger partial charge in [-0.3, -0.25) is 0 Å². The lowest BCUT2D eigenvalue weighted by Crippen LogP contribution is -2.00. The van der Waals surface area contributed by atoms with Crippen molar-refractivity contribution < 1.29 is 4.42 Å². The molecule has 0 spiro atoms. The molecule has 0 aliphatic carbocycles. The number of hydrogen-bond donors (Lipinski definition) is 1. The Kier molecular flexibility index (Phi) is 3.48. The third kappa shape index (κ3) is 2.56. The molecule has 0 atom stereocenters. The van der Waals surface area contributed by atoms with Crippen LogP contribution in [0.5, 0.6) is 0 Å². The van der Waals surface area contributed by atoms with E-state index in [2.05, 4.69) is 18.8 Å². The highest BCUT2D eigenvalue weighted by atomic mass is 16.4. The Morgan fingerprint density at radius 2 is 2.15 bits per heavy atom. The van der Waals surface area contributed by atoms with Crippen molar-refractivity contribution in [2.75, 3.05) is 6.54 Å². The van der Waals surface area contributed by atoms with Crippen LogP contribution < -0.4 is 5.73 Å². The second-order valence-electron chi connectivity index (χ2n) is 3.60. The molecule has 3 nitrogen and oxygen atoms in total. The van der Waals surface area contributed by atoms with Gasteiger partial charge in [-0.25, -0.2) is 4.98 Å². The van der Waals surface area contributed by atoms with Crippen molar-refractivity contribution in [1.82, 2.24) is 4.98 Å². The minimum absolute atomic E-state index is 0.416. The summed E-state index contributed by atoms with van der Waals surface area (Å²) in [6.45, 7) is 6.91. The monoisotopic (exact) mass is 182 g/mol. The topological polar surface area (TPSA) is 52.0 Å². The molecule has 0 unspecified atom stereocenters. The highest BCUT2D eigenvalue weighted by Gasteiger charge is 2.11. The normalized spacial score (nSPS) is 11.2. The molecule has 1 aromatic heterocycles. The third-order valence-corrected chi connectivity index (χ3v) is 2.00. The molecule has 1 rings (SSSR count). The molecule has 0 aliphatic heterocycles. The molecule has 1 heterocycles. The van der Waals surface area contributed by atoms with Gasteiger partial charge in [0, 0.05) is 12.3 Å². The number of aromatic nitrogens is 1. The summed E-state index contributed by atoms with van der Waals surface area (Å²) in [5.74, 6) is 2.25. The second-order valence-corrected chi connectivity index (χ2v) is 3.60. The molecule has 0 bridgehead atoms. The van der Waals surface area contributed by atoms with Gasteiger partial charge in [0.2, 0.25) is 0 Å². The minimum atomic E-state index is 0.416. The van der Waals surface area contributed by atoms with Crippen LogP contribution in [0.1, 0.15) is 43.5 Å². The van der Waals surface area contributed by atoms with Gasteiger partial charge in [-0.05, 0) is 19.9 Å². The fourth-order valence-electron chi connectivity index (χ4n) is 1.36. The standard InChI is InChI=1S/C10H18N2O/c1-7(2)10-8(3)12-9(13-10)5-4-6-11/h7H,4-6,11H2,1-3H3. The summed E-state index contributed by atoms with van der Waals surface area (Å²) < 4.78 is 5.61. The van der Waals surface area contributed by atoms with E-state index in [0.717, 1.165) is 30.2 Å². The Morgan fingerprint density at radius 3 is 2.62 bits per heavy atom. The van der Waals surface area contributed by atoms with Crippen molar-refractivity contribution >= 4 is 0 Å². The van der Waals surface area contributed by atoms with E-state index in [4.69, 9.17) is 10.2 Å². The van der Waals surface area contributed by atoms with Gasteiger partial charge in [-0.1, -0.05) is 13.8 Å². The van der Waals surface area contributed by atoms with Crippen molar-refractivity contribution in [3.63, 3.8) is 0 Å². The van der Waals surface area contributed by atoms with Crippen molar-refractivity contribution in [3.8, 4) is 0 Å². The van der Waals surface area contributed by atoms with Crippen LogP contribution in [0.4, 0.5) is 0 Å². The lowest BCUT2D eigenvalue weighted by atomic mass is 10.1. The molecule has 0 saturated carbocycles. The summed E-state index contributed by atoms with van der Waals surface area (Å²) in [6.07, 6.45) is 1.79. The first-order valence-electron chi connectivity index (χ1n) is 4.81. The van der Waals surface area contributed by atoms with Crippen LogP contribution in [-0.4, -0.2) is 11.5 Å². The van der Waals surface area contributed by atoms with Crippen LogP contribution in [0.2, 0.25) is 0 Å². The van der Waals surface area contributed by atoms with Gasteiger partial charge in [0.25, 0.3) is 0 Å². The predicted octanol–water partition coefficient (Wildman–Crippen LogP) is 2.00. The predicted molar refractivity (Wildman–Crippen MR) is 52.7 cm³/mol. The molecule has 2 N–H and O–H groups in total. The van der Waals surface area contributed by atoms with E-state index in [-0.39, 0.29) is 0 Å². The molecule has 0 aliphatic rings. The summed E-state index contributed by atoms with van der Waals surface area (Å²) in [5.41, 5.74) is 6.43. The number of oxazole rings is 1. The first-order valence-corrected chi connectivity index (χ1v) is 4.81. The van der Waals surface area contributed by atoms with Crippen LogP contribution in [0.25, 0.3) is 0 Å². The summed E-state index contributed by atoms with van der Waals surface area (Å²) in [5, 5.41) is 0. The summed E-state index contributed by atoms with van der Waals surface area (Å²) >= 11 is 0. The largest absolute Gasteiger partial charge is 0.445 e. The Morgan fingerprint density at radius 1 is 1.46 bits per heavy atom. The first kappa shape index (κ1) is 10.3.